The van der Waals surface area contributed by atoms with Gasteiger partial charge >= 0.3 is 11.7 Å². The van der Waals surface area contributed by atoms with E-state index in [1.807, 2.05) is 30.3 Å². The van der Waals surface area contributed by atoms with Gasteiger partial charge in [0, 0.05) is 12.1 Å². The Kier molecular flexibility index (Phi) is 8.66. The molecule has 10 heteroatoms. The van der Waals surface area contributed by atoms with Crippen LogP contribution < -0.4 is 19.6 Å². The first-order valence-electron chi connectivity index (χ1n) is 10.3. The number of benzene rings is 3. The number of methoxy groups -OCH3 is 1. The van der Waals surface area contributed by atoms with Gasteiger partial charge in [0.2, 0.25) is 0 Å². The van der Waals surface area contributed by atoms with Crippen LogP contribution in [-0.2, 0) is 9.59 Å². The number of amides is 1. The summed E-state index contributed by atoms with van der Waals surface area (Å²) in [5, 5.41) is 14.8. The van der Waals surface area contributed by atoms with E-state index in [2.05, 4.69) is 10.5 Å². The molecule has 1 amide bonds. The van der Waals surface area contributed by atoms with E-state index < -0.39 is 23.4 Å². The Bertz CT molecular complexity index is 1260. The number of nitro benzene ring substituents is 1. The average molecular weight is 475 g/mol. The molecule has 0 saturated carbocycles. The fraction of sp³-hybridized carbons (Fsp3) is 0.0800. The fourth-order valence-electron chi connectivity index (χ4n) is 2.80. The van der Waals surface area contributed by atoms with Crippen LogP contribution in [0.15, 0.2) is 84.0 Å². The first-order chi connectivity index (χ1) is 17.0. The minimum absolute atomic E-state index is 0.0230. The number of rotatable bonds is 10. The zero-order valence-electron chi connectivity index (χ0n) is 18.6. The molecule has 3 aromatic carbocycles. The Morgan fingerprint density at radius 1 is 0.971 bits per heavy atom. The first kappa shape index (κ1) is 24.6. The molecule has 10 nitrogen and oxygen atoms in total. The van der Waals surface area contributed by atoms with Gasteiger partial charge in [0.05, 0.1) is 18.2 Å². The van der Waals surface area contributed by atoms with Gasteiger partial charge in [-0.25, -0.2) is 10.2 Å². The van der Waals surface area contributed by atoms with Crippen LogP contribution in [0.4, 0.5) is 5.69 Å². The number of nitrogens with one attached hydrogen (secondary N) is 1. The third kappa shape index (κ3) is 7.53. The van der Waals surface area contributed by atoms with Crippen molar-refractivity contribution in [2.24, 2.45) is 5.10 Å². The van der Waals surface area contributed by atoms with Gasteiger partial charge in [0.25, 0.3) is 5.91 Å². The quantitative estimate of drug-likeness (QED) is 0.118. The summed E-state index contributed by atoms with van der Waals surface area (Å²) in [7, 11) is 1.43. The van der Waals surface area contributed by atoms with E-state index in [9.17, 15) is 19.7 Å². The highest BCUT2D eigenvalue weighted by molar-refractivity contribution is 5.89. The highest BCUT2D eigenvalue weighted by Gasteiger charge is 2.14. The summed E-state index contributed by atoms with van der Waals surface area (Å²) < 4.78 is 15.8. The lowest BCUT2D eigenvalue weighted by atomic mass is 10.2. The van der Waals surface area contributed by atoms with E-state index in [-0.39, 0.29) is 17.2 Å². The molecule has 0 saturated heterocycles. The summed E-state index contributed by atoms with van der Waals surface area (Å²) in [4.78, 5) is 34.4. The van der Waals surface area contributed by atoms with E-state index in [0.717, 1.165) is 5.56 Å². The van der Waals surface area contributed by atoms with Crippen LogP contribution in [0.3, 0.4) is 0 Å². The molecule has 1 N–H and O–H groups in total. The van der Waals surface area contributed by atoms with Crippen molar-refractivity contribution in [1.29, 1.82) is 0 Å². The lowest BCUT2D eigenvalue weighted by Gasteiger charge is -2.08. The number of hydrazone groups is 1. The highest BCUT2D eigenvalue weighted by Crippen LogP contribution is 2.28. The molecule has 35 heavy (non-hydrogen) atoms. The number of hydrogen-bond acceptors (Lipinski definition) is 8. The summed E-state index contributed by atoms with van der Waals surface area (Å²) in [6.07, 6.45) is 4.30. The summed E-state index contributed by atoms with van der Waals surface area (Å²) in [5.41, 5.74) is 3.44. The summed E-state index contributed by atoms with van der Waals surface area (Å²) in [6, 6.07) is 19.8. The molecule has 0 aromatic heterocycles. The molecule has 3 rings (SSSR count). The second kappa shape index (κ2) is 12.3. The lowest BCUT2D eigenvalue weighted by molar-refractivity contribution is -0.385. The molecular formula is C25H21N3O7. The maximum atomic E-state index is 12.1. The van der Waals surface area contributed by atoms with Crippen LogP contribution in [0.25, 0.3) is 6.08 Å². The van der Waals surface area contributed by atoms with Gasteiger partial charge < -0.3 is 14.2 Å². The third-order valence-corrected chi connectivity index (χ3v) is 4.43. The number of hydrogen-bond donors (Lipinski definition) is 1. The number of nitro groups is 1. The van der Waals surface area contributed by atoms with Crippen LogP contribution in [0.2, 0.25) is 0 Å². The third-order valence-electron chi connectivity index (χ3n) is 4.43. The maximum absolute atomic E-state index is 12.1. The number of para-hydroxylation sites is 2. The molecule has 0 fully saturated rings. The first-order valence-corrected chi connectivity index (χ1v) is 10.3. The Hall–Kier alpha value is -4.99. The molecule has 0 aliphatic carbocycles. The smallest absolute Gasteiger partial charge is 0.336 e. The van der Waals surface area contributed by atoms with Crippen molar-refractivity contribution in [3.05, 3.63) is 100 Å². The monoisotopic (exact) mass is 475 g/mol. The van der Waals surface area contributed by atoms with E-state index in [0.29, 0.717) is 11.3 Å². The number of carbonyl (C=O) groups is 2. The van der Waals surface area contributed by atoms with Crippen molar-refractivity contribution in [2.45, 2.75) is 0 Å². The number of ether oxygens (including phenoxy) is 3. The summed E-state index contributed by atoms with van der Waals surface area (Å²) >= 11 is 0. The predicted octanol–water partition coefficient (Wildman–Crippen LogP) is 3.75. The molecule has 0 bridgehead atoms. The van der Waals surface area contributed by atoms with Gasteiger partial charge in [-0.15, -0.1) is 0 Å². The number of nitrogens with zero attached hydrogens (tertiary/aromatic N) is 2. The van der Waals surface area contributed by atoms with Gasteiger partial charge in [0.1, 0.15) is 0 Å². The highest BCUT2D eigenvalue weighted by atomic mass is 16.6. The van der Waals surface area contributed by atoms with E-state index >= 15 is 0 Å². The van der Waals surface area contributed by atoms with Crippen LogP contribution in [-0.4, -0.2) is 36.7 Å². The topological polar surface area (TPSA) is 129 Å². The molecule has 3 aromatic rings. The van der Waals surface area contributed by atoms with Crippen molar-refractivity contribution >= 4 is 29.9 Å². The fourth-order valence-corrected chi connectivity index (χ4v) is 2.80. The van der Waals surface area contributed by atoms with Gasteiger partial charge in [-0.1, -0.05) is 42.5 Å². The maximum Gasteiger partial charge on any atom is 0.336 e. The molecule has 0 aliphatic rings. The molecule has 178 valence electrons. The summed E-state index contributed by atoms with van der Waals surface area (Å²) in [6.45, 7) is -0.461. The Labute approximate surface area is 200 Å². The van der Waals surface area contributed by atoms with Crippen molar-refractivity contribution in [3.8, 4) is 17.2 Å². The van der Waals surface area contributed by atoms with E-state index in [4.69, 9.17) is 14.2 Å². The lowest BCUT2D eigenvalue weighted by Crippen LogP contribution is -2.24. The normalized spacial score (nSPS) is 10.8. The van der Waals surface area contributed by atoms with Gasteiger partial charge in [-0.2, -0.15) is 5.10 Å². The predicted molar refractivity (Wildman–Crippen MR) is 128 cm³/mol. The minimum atomic E-state index is -0.609. The standard InChI is InChI=1S/C25H21N3O7/c1-33-23-15-19(11-13-22(23)35-25(30)14-12-18-7-3-2-4-8-18)16-26-27-24(29)17-34-21-10-6-5-9-20(21)28(31)32/h2-16H,17H2,1H3,(H,27,29)/b14-12+,26-16+. The van der Waals surface area contributed by atoms with Crippen molar-refractivity contribution in [2.75, 3.05) is 13.7 Å². The molecule has 0 radical (unpaired) electrons. The van der Waals surface area contributed by atoms with Crippen molar-refractivity contribution in [3.63, 3.8) is 0 Å². The molecule has 0 heterocycles. The zero-order valence-corrected chi connectivity index (χ0v) is 18.6. The van der Waals surface area contributed by atoms with Gasteiger partial charge in [-0.3, -0.25) is 14.9 Å². The van der Waals surface area contributed by atoms with Crippen LogP contribution >= 0.6 is 0 Å². The van der Waals surface area contributed by atoms with Gasteiger partial charge in [0.15, 0.2) is 23.9 Å². The van der Waals surface area contributed by atoms with Crippen molar-refractivity contribution < 1.29 is 28.7 Å². The Balaban J connectivity index is 1.54. The number of carbonyl (C=O) groups excluding carboxylic acids is 2. The SMILES string of the molecule is COc1cc(/C=N/NC(=O)COc2ccccc2[N+](=O)[O-])ccc1OC(=O)/C=C/c1ccccc1. The second-order valence-electron chi connectivity index (χ2n) is 6.88. The van der Waals surface area contributed by atoms with Crippen LogP contribution in [0, 0.1) is 10.1 Å². The largest absolute Gasteiger partial charge is 0.493 e. The molecular weight excluding hydrogens is 454 g/mol. The van der Waals surface area contributed by atoms with E-state index in [1.165, 1.54) is 43.7 Å². The summed E-state index contributed by atoms with van der Waals surface area (Å²) in [5.74, 6) is -0.692. The second-order valence-corrected chi connectivity index (χ2v) is 6.88. The molecule has 0 unspecified atom stereocenters. The molecule has 0 aliphatic heterocycles. The van der Waals surface area contributed by atoms with Crippen LogP contribution in [0.1, 0.15) is 11.1 Å². The van der Waals surface area contributed by atoms with Gasteiger partial charge in [-0.05, 0) is 41.5 Å². The Morgan fingerprint density at radius 3 is 2.46 bits per heavy atom. The minimum Gasteiger partial charge on any atom is -0.493 e. The molecule has 0 spiro atoms. The number of esters is 1. The zero-order chi connectivity index (χ0) is 25.0. The van der Waals surface area contributed by atoms with Crippen LogP contribution in [0.5, 0.6) is 17.2 Å². The van der Waals surface area contributed by atoms with E-state index in [1.54, 1.807) is 24.3 Å². The molecule has 0 atom stereocenters. The Morgan fingerprint density at radius 2 is 1.71 bits per heavy atom. The average Bonchev–Trinajstić information content (AvgIpc) is 2.87. The van der Waals surface area contributed by atoms with Crippen molar-refractivity contribution in [1.82, 2.24) is 5.43 Å².